The first-order valence-electron chi connectivity index (χ1n) is 14.0. The molecule has 2 aliphatic rings. The quantitative estimate of drug-likeness (QED) is 0.193. The van der Waals surface area contributed by atoms with Gasteiger partial charge < -0.3 is 24.6 Å². The Bertz CT molecular complexity index is 1170. The van der Waals surface area contributed by atoms with Crippen LogP contribution in [0.25, 0.3) is 10.9 Å². The van der Waals surface area contributed by atoms with Crippen molar-refractivity contribution >= 4 is 53.9 Å². The van der Waals surface area contributed by atoms with Crippen LogP contribution in [0.15, 0.2) is 6.20 Å². The highest BCUT2D eigenvalue weighted by Gasteiger charge is 2.59. The van der Waals surface area contributed by atoms with E-state index in [4.69, 9.17) is 40.5 Å². The van der Waals surface area contributed by atoms with Crippen molar-refractivity contribution in [2.75, 3.05) is 18.0 Å². The summed E-state index contributed by atoms with van der Waals surface area (Å²) >= 11 is 12.0. The molecule has 1 amide bonds. The number of carbonyl (C=O) groups is 1. The fraction of sp³-hybridized carbons (Fsp3) is 0.704. The summed E-state index contributed by atoms with van der Waals surface area (Å²) in [5.41, 5.74) is -1.95. The van der Waals surface area contributed by atoms with Crippen LogP contribution in [0.4, 0.5) is 15.0 Å². The van der Waals surface area contributed by atoms with Crippen LogP contribution < -0.4 is 4.90 Å². The number of piperazine rings is 1. The zero-order valence-electron chi connectivity index (χ0n) is 25.6. The summed E-state index contributed by atoms with van der Waals surface area (Å²) in [5, 5.41) is 19.2. The molecule has 2 N–H and O–H groups in total. The molecule has 2 aromatic rings. The number of hydrogen-bond donors (Lipinski definition) is 2. The predicted molar refractivity (Wildman–Crippen MR) is 161 cm³/mol. The van der Waals surface area contributed by atoms with E-state index in [1.54, 1.807) is 32.6 Å². The Kier molecular flexibility index (Phi) is 13.5. The molecule has 4 rings (SSSR count). The lowest BCUT2D eigenvalue weighted by Crippen LogP contribution is -2.69. The number of rotatable bonds is 4. The summed E-state index contributed by atoms with van der Waals surface area (Å²) in [6.07, 6.45) is 0.842. The molecule has 41 heavy (non-hydrogen) atoms. The monoisotopic (exact) mass is 617 g/mol. The number of aliphatic hydroxyl groups is 2. The van der Waals surface area contributed by atoms with E-state index in [1.807, 2.05) is 46.4 Å². The first-order valence-corrected chi connectivity index (χ1v) is 14.7. The normalized spacial score (nSPS) is 20.6. The lowest BCUT2D eigenvalue weighted by molar-refractivity contribution is -0.305. The van der Waals surface area contributed by atoms with E-state index < -0.39 is 35.0 Å². The first-order chi connectivity index (χ1) is 19.1. The zero-order valence-corrected chi connectivity index (χ0v) is 27.1. The van der Waals surface area contributed by atoms with Gasteiger partial charge >= 0.3 is 6.09 Å². The average Bonchev–Trinajstić information content (AvgIpc) is 3.15. The van der Waals surface area contributed by atoms with Crippen molar-refractivity contribution < 1.29 is 28.9 Å². The van der Waals surface area contributed by atoms with Gasteiger partial charge in [-0.2, -0.15) is 4.98 Å². The highest BCUT2D eigenvalue weighted by Crippen LogP contribution is 2.45. The van der Waals surface area contributed by atoms with E-state index >= 15 is 0 Å². The maximum absolute atomic E-state index is 14.7. The molecule has 14 heteroatoms. The Balaban J connectivity index is 0.00000131. The predicted octanol–water partition coefficient (Wildman–Crippen LogP) is 5.68. The number of ether oxygens (including phenoxy) is 2. The second-order valence-corrected chi connectivity index (χ2v) is 10.6. The van der Waals surface area contributed by atoms with E-state index in [1.165, 1.54) is 6.20 Å². The van der Waals surface area contributed by atoms with Crippen LogP contribution in [-0.4, -0.2) is 86.3 Å². The smallest absolute Gasteiger partial charge is 0.411 e. The molecule has 2 bridgehead atoms. The molecule has 2 fully saturated rings. The van der Waals surface area contributed by atoms with Gasteiger partial charge in [0.1, 0.15) is 16.9 Å². The summed E-state index contributed by atoms with van der Waals surface area (Å²) in [6.45, 7) is 19.3. The second-order valence-electron chi connectivity index (χ2n) is 9.89. The summed E-state index contributed by atoms with van der Waals surface area (Å²) in [4.78, 5) is 28.8. The summed E-state index contributed by atoms with van der Waals surface area (Å²) in [5.74, 6) is -3.46. The Hall–Kier alpha value is -1.99. The number of fused-ring (bicyclic) bond motifs is 3. The molecule has 2 aliphatic heterocycles. The fourth-order valence-corrected chi connectivity index (χ4v) is 5.24. The minimum atomic E-state index is -2.93. The first kappa shape index (κ1) is 37.0. The third-order valence-corrected chi connectivity index (χ3v) is 6.67. The molecule has 2 radical (unpaired) electrons. The van der Waals surface area contributed by atoms with Crippen molar-refractivity contribution in [3.8, 4) is 0 Å². The maximum Gasteiger partial charge on any atom is 0.411 e. The molecule has 3 unspecified atom stereocenters. The second kappa shape index (κ2) is 15.0. The standard InChI is InChI=1S/C21H25BCl2FN5O5.3C2H6/c1-10(34-21(22,32)33)20-6-5-11(30(20)18(31)35-19(2,3)4)8-29(9-20)16-12-7-26-15(23)13(25)14(12)27-17(24)28-16;3*1-2/h7,10-11,32-33H,5-6,8-9H2,1-4H3;3*1-2H3. The Morgan fingerprint density at radius 3 is 2.29 bits per heavy atom. The maximum atomic E-state index is 14.7. The van der Waals surface area contributed by atoms with Crippen LogP contribution in [0.5, 0.6) is 0 Å². The number of pyridine rings is 1. The Morgan fingerprint density at radius 2 is 1.76 bits per heavy atom. The van der Waals surface area contributed by atoms with Crippen LogP contribution in [0, 0.1) is 5.82 Å². The van der Waals surface area contributed by atoms with Crippen LogP contribution in [0.1, 0.15) is 82.1 Å². The summed E-state index contributed by atoms with van der Waals surface area (Å²) < 4.78 is 25.6. The van der Waals surface area contributed by atoms with Gasteiger partial charge in [-0.05, 0) is 52.1 Å². The van der Waals surface area contributed by atoms with E-state index in [2.05, 4.69) is 15.0 Å². The molecule has 2 saturated heterocycles. The largest absolute Gasteiger partial charge is 0.444 e. The van der Waals surface area contributed by atoms with Gasteiger partial charge in [-0.15, -0.1) is 0 Å². The number of hydrogen-bond acceptors (Lipinski definition) is 9. The summed E-state index contributed by atoms with van der Waals surface area (Å²) in [7, 11) is 5.30. The Labute approximate surface area is 253 Å². The van der Waals surface area contributed by atoms with Crippen molar-refractivity contribution in [1.82, 2.24) is 19.9 Å². The van der Waals surface area contributed by atoms with Crippen molar-refractivity contribution in [3.63, 3.8) is 0 Å². The van der Waals surface area contributed by atoms with Gasteiger partial charge in [0.05, 0.1) is 23.1 Å². The molecule has 230 valence electrons. The van der Waals surface area contributed by atoms with E-state index in [0.29, 0.717) is 25.2 Å². The van der Waals surface area contributed by atoms with Crippen LogP contribution in [0.2, 0.25) is 10.4 Å². The van der Waals surface area contributed by atoms with Crippen molar-refractivity contribution in [2.24, 2.45) is 0 Å². The number of amides is 1. The molecule has 0 saturated carbocycles. The lowest BCUT2D eigenvalue weighted by Gasteiger charge is -2.52. The van der Waals surface area contributed by atoms with Crippen LogP contribution in [0.3, 0.4) is 0 Å². The number of anilines is 1. The third-order valence-electron chi connectivity index (χ3n) is 6.24. The lowest BCUT2D eigenvalue weighted by atomic mass is 9.88. The Morgan fingerprint density at radius 1 is 1.17 bits per heavy atom. The third kappa shape index (κ3) is 8.53. The molecule has 0 aromatic carbocycles. The van der Waals surface area contributed by atoms with Gasteiger partial charge in [-0.25, -0.2) is 19.2 Å². The van der Waals surface area contributed by atoms with Gasteiger partial charge in [-0.3, -0.25) is 4.90 Å². The molecular formula is C27H43BCl2FN5O5. The van der Waals surface area contributed by atoms with Crippen LogP contribution in [-0.2, 0) is 9.47 Å². The van der Waals surface area contributed by atoms with Crippen molar-refractivity contribution in [1.29, 1.82) is 0 Å². The fourth-order valence-electron chi connectivity index (χ4n) is 4.94. The van der Waals surface area contributed by atoms with Gasteiger partial charge in [0.2, 0.25) is 11.2 Å². The molecular weight excluding hydrogens is 575 g/mol. The van der Waals surface area contributed by atoms with Crippen molar-refractivity contribution in [2.45, 2.75) is 111 Å². The van der Waals surface area contributed by atoms with Gasteiger partial charge in [-0.1, -0.05) is 53.1 Å². The number of aromatic nitrogens is 3. The van der Waals surface area contributed by atoms with Crippen LogP contribution >= 0.6 is 23.2 Å². The molecule has 2 aromatic heterocycles. The molecule has 10 nitrogen and oxygen atoms in total. The van der Waals surface area contributed by atoms with Gasteiger partial charge in [0.25, 0.3) is 0 Å². The minimum Gasteiger partial charge on any atom is -0.444 e. The number of nitrogens with zero attached hydrogens (tertiary/aromatic N) is 5. The molecule has 4 heterocycles. The van der Waals surface area contributed by atoms with Gasteiger partial charge in [0.15, 0.2) is 18.8 Å². The SMILES string of the molecule is CC.CC.CC.[B]C(O)(O)OC(C)C12CCC(CN(c3nc(Cl)nc4c(F)c(Cl)ncc34)C1)N2C(=O)OC(C)(C)C. The van der Waals surface area contributed by atoms with Crippen molar-refractivity contribution in [3.05, 3.63) is 22.5 Å². The molecule has 0 aliphatic carbocycles. The highest BCUT2D eigenvalue weighted by atomic mass is 35.5. The van der Waals surface area contributed by atoms with Gasteiger partial charge in [0, 0.05) is 19.3 Å². The molecule has 3 atom stereocenters. The summed E-state index contributed by atoms with van der Waals surface area (Å²) in [6, 6.07) is -0.358. The highest BCUT2D eigenvalue weighted by molar-refractivity contribution is 6.30. The minimum absolute atomic E-state index is 0.0908. The number of halogens is 3. The number of carbonyl (C=O) groups excluding carboxylic acids is 1. The van der Waals surface area contributed by atoms with E-state index in [9.17, 15) is 19.4 Å². The van der Waals surface area contributed by atoms with E-state index in [0.717, 1.165) is 0 Å². The average molecular weight is 618 g/mol. The van der Waals surface area contributed by atoms with E-state index in [-0.39, 0.29) is 33.9 Å². The zero-order chi connectivity index (χ0) is 31.9. The molecule has 0 spiro atoms. The topological polar surface area (TPSA) is 121 Å².